The van der Waals surface area contributed by atoms with E-state index in [0.29, 0.717) is 40.8 Å². The summed E-state index contributed by atoms with van der Waals surface area (Å²) in [6.45, 7) is 39.3. The molecule has 19 nitrogen and oxygen atoms in total. The van der Waals surface area contributed by atoms with Crippen molar-refractivity contribution in [2.75, 3.05) is 14.1 Å². The molecule has 404 valence electrons. The number of hydroxylamine groups is 1. The average Bonchev–Trinajstić information content (AvgIpc) is 4.15. The minimum atomic E-state index is -0.341. The third-order valence-corrected chi connectivity index (χ3v) is 10.3. The highest BCUT2D eigenvalue weighted by molar-refractivity contribution is 7.05. The van der Waals surface area contributed by atoms with E-state index in [1.54, 1.807) is 25.6 Å². The zero-order valence-electron chi connectivity index (χ0n) is 44.5. The number of aromatic hydroxyl groups is 1. The molecule has 0 bridgehead atoms. The second-order valence-electron chi connectivity index (χ2n) is 17.7. The average molecular weight is 1040 g/mol. The summed E-state index contributed by atoms with van der Waals surface area (Å²) >= 11 is 2.71. The summed E-state index contributed by atoms with van der Waals surface area (Å²) in [6, 6.07) is 4.11. The molecule has 0 aromatic carbocycles. The van der Waals surface area contributed by atoms with Crippen LogP contribution in [0.3, 0.4) is 0 Å². The van der Waals surface area contributed by atoms with Gasteiger partial charge in [-0.25, -0.2) is 10.5 Å². The number of aliphatic imine (C=N–C) groups is 1. The Morgan fingerprint density at radius 3 is 1.51 bits per heavy atom. The summed E-state index contributed by atoms with van der Waals surface area (Å²) in [6.07, 6.45) is 3.93. The first-order valence-corrected chi connectivity index (χ1v) is 24.3. The van der Waals surface area contributed by atoms with Gasteiger partial charge in [-0.2, -0.15) is 18.8 Å². The number of aryl methyl sites for hydroxylation is 2. The van der Waals surface area contributed by atoms with Gasteiger partial charge in [0, 0.05) is 77.8 Å². The van der Waals surface area contributed by atoms with Crippen molar-refractivity contribution in [2.24, 2.45) is 22.7 Å². The highest BCUT2D eigenvalue weighted by atomic mass is 32.1. The molecule has 6 heterocycles. The van der Waals surface area contributed by atoms with Crippen LogP contribution in [-0.2, 0) is 14.4 Å². The number of nitrogens with zero attached hydrogens (tertiary/aromatic N) is 6. The second-order valence-corrected chi connectivity index (χ2v) is 19.1. The predicted molar refractivity (Wildman–Crippen MR) is 291 cm³/mol. The van der Waals surface area contributed by atoms with Crippen LogP contribution in [0.2, 0.25) is 0 Å². The van der Waals surface area contributed by atoms with E-state index in [4.69, 9.17) is 18.9 Å². The molecule has 0 saturated carbocycles. The summed E-state index contributed by atoms with van der Waals surface area (Å²) in [4.78, 5) is 56.7. The van der Waals surface area contributed by atoms with Gasteiger partial charge in [-0.05, 0) is 49.9 Å². The highest BCUT2D eigenvalue weighted by Gasteiger charge is 2.12. The summed E-state index contributed by atoms with van der Waals surface area (Å²) in [5.41, 5.74) is 5.51. The SMILES string of the molecule is C.C.C=C1N=C(C(C)C)NO1.CC(C)c1cocc(O)c1=O.CC(C)c1ncn[nH]1.CC(C)c1ns[nH]c1=O.CNC(=O)C(C)C.CNC(=O)C(C)C.Cc1cc(C(C)C)on1.Cc1cc(C(C)C)sn1. The van der Waals surface area contributed by atoms with Crippen molar-refractivity contribution >= 4 is 40.9 Å². The van der Waals surface area contributed by atoms with E-state index >= 15 is 0 Å². The maximum absolute atomic E-state index is 11.1. The molecule has 5 aromatic rings. The number of hydrogen-bond acceptors (Lipinski definition) is 17. The van der Waals surface area contributed by atoms with Crippen LogP contribution < -0.4 is 27.1 Å². The van der Waals surface area contributed by atoms with Crippen molar-refractivity contribution in [2.45, 2.75) is 169 Å². The number of carbonyl (C=O) groups is 2. The predicted octanol–water partition coefficient (Wildman–Crippen LogP) is 11.1. The van der Waals surface area contributed by atoms with Gasteiger partial charge in [0.15, 0.2) is 5.75 Å². The summed E-state index contributed by atoms with van der Waals surface area (Å²) < 4.78 is 20.3. The molecule has 0 unspecified atom stereocenters. The van der Waals surface area contributed by atoms with Crippen LogP contribution in [0.1, 0.15) is 194 Å². The van der Waals surface area contributed by atoms with Gasteiger partial charge in [0.05, 0.1) is 17.7 Å². The van der Waals surface area contributed by atoms with Crippen LogP contribution in [0.5, 0.6) is 5.75 Å². The molecular weight excluding hydrogens is 947 g/mol. The Bertz CT molecular complexity index is 2240. The van der Waals surface area contributed by atoms with Crippen molar-refractivity contribution in [3.8, 4) is 5.75 Å². The van der Waals surface area contributed by atoms with Crippen molar-refractivity contribution in [3.63, 3.8) is 0 Å². The van der Waals surface area contributed by atoms with E-state index in [1.165, 1.54) is 17.5 Å². The van der Waals surface area contributed by atoms with Crippen LogP contribution in [0, 0.1) is 31.6 Å². The Kier molecular flexibility index (Phi) is 39.1. The number of aromatic amines is 2. The molecule has 6 N–H and O–H groups in total. The third kappa shape index (κ3) is 31.8. The normalized spacial score (nSPS) is 10.8. The number of nitrogens with one attached hydrogen (secondary N) is 5. The van der Waals surface area contributed by atoms with Crippen LogP contribution in [0.25, 0.3) is 0 Å². The fourth-order valence-electron chi connectivity index (χ4n) is 4.32. The zero-order chi connectivity index (χ0) is 53.6. The number of rotatable bonds is 8. The van der Waals surface area contributed by atoms with Gasteiger partial charge in [0.2, 0.25) is 23.1 Å². The van der Waals surface area contributed by atoms with Crippen molar-refractivity contribution < 1.29 is 28.5 Å². The molecule has 0 spiro atoms. The molecule has 6 rings (SSSR count). The lowest BCUT2D eigenvalue weighted by Crippen LogP contribution is -2.22. The molecule has 2 amide bonds. The van der Waals surface area contributed by atoms with Crippen LogP contribution in [0.15, 0.2) is 67.0 Å². The Morgan fingerprint density at radius 2 is 1.30 bits per heavy atom. The van der Waals surface area contributed by atoms with E-state index < -0.39 is 0 Å². The first kappa shape index (κ1) is 71.6. The highest BCUT2D eigenvalue weighted by Crippen LogP contribution is 2.19. The van der Waals surface area contributed by atoms with E-state index in [-0.39, 0.29) is 67.1 Å². The Morgan fingerprint density at radius 1 is 0.732 bits per heavy atom. The van der Waals surface area contributed by atoms with Gasteiger partial charge in [-0.1, -0.05) is 131 Å². The van der Waals surface area contributed by atoms with Crippen molar-refractivity contribution in [1.29, 1.82) is 0 Å². The maximum Gasteiger partial charge on any atom is 0.281 e. The molecular formula is C50H89N11O8S2. The van der Waals surface area contributed by atoms with Crippen LogP contribution >= 0.6 is 23.3 Å². The van der Waals surface area contributed by atoms with Gasteiger partial charge in [0.1, 0.15) is 35.7 Å². The number of aromatic nitrogens is 7. The van der Waals surface area contributed by atoms with Gasteiger partial charge in [-0.15, -0.1) is 0 Å². The first-order chi connectivity index (χ1) is 32.1. The number of hydrogen-bond donors (Lipinski definition) is 6. The van der Waals surface area contributed by atoms with Crippen LogP contribution in [0.4, 0.5) is 0 Å². The summed E-state index contributed by atoms with van der Waals surface area (Å²) in [7, 11) is 3.28. The molecule has 1 aliphatic rings. The minimum absolute atomic E-state index is 0. The Hall–Kier alpha value is -5.96. The quantitative estimate of drug-likeness (QED) is 0.0844. The molecule has 1 aliphatic heterocycles. The van der Waals surface area contributed by atoms with Gasteiger partial charge < -0.3 is 29.5 Å². The fraction of sp³-hybridized carbons (Fsp3) is 0.600. The smallest absolute Gasteiger partial charge is 0.281 e. The van der Waals surface area contributed by atoms with E-state index in [2.05, 4.69) is 109 Å². The third-order valence-electron chi connectivity index (χ3n) is 8.57. The van der Waals surface area contributed by atoms with Gasteiger partial charge in [-0.3, -0.25) is 28.7 Å². The second kappa shape index (κ2) is 38.8. The van der Waals surface area contributed by atoms with Gasteiger partial charge in [0.25, 0.3) is 5.56 Å². The number of carbonyl (C=O) groups excluding carboxylic acids is 2. The molecule has 5 aromatic heterocycles. The molecule has 0 aliphatic carbocycles. The van der Waals surface area contributed by atoms with Gasteiger partial charge >= 0.3 is 0 Å². The topological polar surface area (TPSA) is 268 Å². The minimum Gasteiger partial charge on any atom is -0.502 e. The van der Waals surface area contributed by atoms with Crippen molar-refractivity contribution in [3.05, 3.63) is 103 Å². The standard InChI is InChI=1S/C8H10O3.C7H11NO.C7H11NS.C6H10N2O.C5H9N3.C5H8N2OS.2C5H11NO.2CH4/c1-5(2)6-3-11-4-7(9)8(6)10;2*1-5(2)7-4-6(3)8-9-7;1-4(2)6-7-5(3)9-8-6;1-4(2)5-6-3-7-8-5;1-3(2)4-5(8)7-9-6-4;2*1-4(2)5(7)6-3;;/h3-5,9H,1-2H3;2*4-5H,1-3H3;4H,3H2,1-2H3,(H,7,8);3-4H,1-2H3,(H,6,7,8);3H,1-2H3,(H,7,8);2*4H,1-3H3,(H,6,7);2*1H4. The molecule has 0 saturated heterocycles. The lowest BCUT2D eigenvalue weighted by molar-refractivity contribution is -0.124. The molecule has 71 heavy (non-hydrogen) atoms. The first-order valence-electron chi connectivity index (χ1n) is 22.8. The monoisotopic (exact) mass is 1040 g/mol. The molecule has 21 heteroatoms. The number of amidine groups is 1. The number of amides is 2. The van der Waals surface area contributed by atoms with E-state index in [0.717, 1.165) is 46.8 Å². The summed E-state index contributed by atoms with van der Waals surface area (Å²) in [5, 5.41) is 24.2. The molecule has 0 atom stereocenters. The van der Waals surface area contributed by atoms with Crippen molar-refractivity contribution in [1.82, 2.24) is 49.6 Å². The molecule has 0 radical (unpaired) electrons. The van der Waals surface area contributed by atoms with E-state index in [9.17, 15) is 19.2 Å². The molecule has 0 fully saturated rings. The largest absolute Gasteiger partial charge is 0.502 e. The maximum atomic E-state index is 11.1. The zero-order valence-corrected chi connectivity index (χ0v) is 46.2. The lowest BCUT2D eigenvalue weighted by atomic mass is 10.1. The van der Waals surface area contributed by atoms with Crippen LogP contribution in [-0.4, -0.2) is 70.3 Å². The Labute approximate surface area is 432 Å². The lowest BCUT2D eigenvalue weighted by Gasteiger charge is -2.01. The summed E-state index contributed by atoms with van der Waals surface area (Å²) in [5.74, 6) is 5.55. The number of H-pyrrole nitrogens is 2. The fourth-order valence-corrected chi connectivity index (χ4v) is 5.68. The Balaban J connectivity index is -0.000000361. The van der Waals surface area contributed by atoms with E-state index in [1.807, 2.05) is 89.2 Å².